The number of nitro groups is 4. The van der Waals surface area contributed by atoms with Gasteiger partial charge in [0.2, 0.25) is 0 Å². The second-order valence-corrected chi connectivity index (χ2v) is 5.61. The number of carbonyl (C=O) groups excluding carboxylic acids is 2. The Morgan fingerprint density at radius 2 is 0.968 bits per heavy atom. The van der Waals surface area contributed by atoms with Crippen molar-refractivity contribution in [2.45, 2.75) is 0 Å². The van der Waals surface area contributed by atoms with Crippen LogP contribution in [0.5, 0.6) is 0 Å². The van der Waals surface area contributed by atoms with Gasteiger partial charge in [0.05, 0.1) is 44.5 Å². The Balaban J connectivity index is 0.000000311. The lowest BCUT2D eigenvalue weighted by molar-refractivity contribution is -0.394. The van der Waals surface area contributed by atoms with Crippen molar-refractivity contribution in [3.05, 3.63) is 88.0 Å². The van der Waals surface area contributed by atoms with Gasteiger partial charge in [0, 0.05) is 29.8 Å². The highest BCUT2D eigenvalue weighted by Crippen LogP contribution is 2.24. The molecule has 16 heteroatoms. The minimum atomic E-state index is -0.984. The lowest BCUT2D eigenvalue weighted by atomic mass is 10.2. The second-order valence-electron chi connectivity index (χ2n) is 5.27. The van der Waals surface area contributed by atoms with Crippen molar-refractivity contribution in [1.82, 2.24) is 0 Å². The number of esters is 1. The molecular weight excluding hydrogens is 448 g/mol. The molecule has 0 fully saturated rings. The summed E-state index contributed by atoms with van der Waals surface area (Å²) in [5.41, 5.74) is -2.67. The van der Waals surface area contributed by atoms with Crippen molar-refractivity contribution in [2.24, 2.45) is 0 Å². The van der Waals surface area contributed by atoms with Crippen LogP contribution in [0.2, 0.25) is 0 Å². The summed E-state index contributed by atoms with van der Waals surface area (Å²) in [7, 11) is 1.08. The molecule has 2 rings (SSSR count). The molecule has 2 aromatic carbocycles. The topological polar surface area (TPSA) is 216 Å². The largest absolute Gasteiger partial charge is 0.465 e. The number of hydrogen-bond acceptors (Lipinski definition) is 11. The van der Waals surface area contributed by atoms with E-state index in [1.165, 1.54) is 0 Å². The van der Waals surface area contributed by atoms with Crippen LogP contribution in [0.4, 0.5) is 22.7 Å². The fourth-order valence-corrected chi connectivity index (χ4v) is 2.07. The number of hydrogen-bond donors (Lipinski definition) is 0. The fourth-order valence-electron chi connectivity index (χ4n) is 1.96. The number of nitrogens with zero attached hydrogens (tertiary/aromatic N) is 4. The maximum absolute atomic E-state index is 11.1. The van der Waals surface area contributed by atoms with Gasteiger partial charge in [-0.1, -0.05) is 0 Å². The van der Waals surface area contributed by atoms with Gasteiger partial charge < -0.3 is 4.74 Å². The van der Waals surface area contributed by atoms with E-state index in [9.17, 15) is 50.0 Å². The van der Waals surface area contributed by atoms with E-state index in [4.69, 9.17) is 11.6 Å². The summed E-state index contributed by atoms with van der Waals surface area (Å²) in [5.74, 6) is -0.869. The number of halogens is 1. The molecule has 162 valence electrons. The predicted octanol–water partition coefficient (Wildman–Crippen LogP) is 3.17. The molecule has 0 aliphatic heterocycles. The zero-order valence-corrected chi connectivity index (χ0v) is 15.9. The number of rotatable bonds is 6. The summed E-state index contributed by atoms with van der Waals surface area (Å²) in [6.45, 7) is 0. The van der Waals surface area contributed by atoms with Gasteiger partial charge in [0.25, 0.3) is 28.0 Å². The molecule has 0 saturated heterocycles. The molecule has 0 bridgehead atoms. The van der Waals surface area contributed by atoms with Crippen LogP contribution in [-0.2, 0) is 4.74 Å². The van der Waals surface area contributed by atoms with Crippen LogP contribution >= 0.6 is 11.6 Å². The Labute approximate surface area is 175 Å². The zero-order chi connectivity index (χ0) is 23.9. The summed E-state index contributed by atoms with van der Waals surface area (Å²) < 4.78 is 4.32. The molecule has 0 unspecified atom stereocenters. The van der Waals surface area contributed by atoms with Crippen molar-refractivity contribution in [2.75, 3.05) is 7.11 Å². The minimum absolute atomic E-state index is 0.233. The predicted molar refractivity (Wildman–Crippen MR) is 101 cm³/mol. The van der Waals surface area contributed by atoms with E-state index in [-0.39, 0.29) is 11.1 Å². The molecule has 0 amide bonds. The smallest absolute Gasteiger partial charge is 0.338 e. The number of nitro benzene ring substituents is 4. The maximum Gasteiger partial charge on any atom is 0.338 e. The number of methoxy groups -OCH3 is 1. The molecule has 0 saturated carbocycles. The molecule has 0 heterocycles. The molecule has 0 radical (unpaired) electrons. The standard InChI is InChI=1S/C8H6N2O6.C7H3ClN2O5/c1-16-8(11)5-2-6(9(12)13)4-7(3-5)10(14)15;8-7(11)4-1-5(9(12)13)3-6(2-4)10(14)15/h2-4H,1H3;1-3H. The van der Waals surface area contributed by atoms with Crippen LogP contribution in [0.3, 0.4) is 0 Å². The Bertz CT molecular complexity index is 991. The van der Waals surface area contributed by atoms with Crippen LogP contribution < -0.4 is 0 Å². The van der Waals surface area contributed by atoms with Crippen molar-refractivity contribution in [3.63, 3.8) is 0 Å². The highest BCUT2D eigenvalue weighted by atomic mass is 35.5. The first-order valence-electron chi connectivity index (χ1n) is 7.53. The molecule has 0 aliphatic rings. The normalized spacial score (nSPS) is 9.61. The number of benzene rings is 2. The highest BCUT2D eigenvalue weighted by molar-refractivity contribution is 6.67. The molecule has 0 atom stereocenters. The Morgan fingerprint density at radius 3 is 1.19 bits per heavy atom. The van der Waals surface area contributed by atoms with Crippen molar-refractivity contribution >= 4 is 45.6 Å². The Kier molecular flexibility index (Phi) is 8.15. The van der Waals surface area contributed by atoms with Gasteiger partial charge >= 0.3 is 5.97 Å². The lowest BCUT2D eigenvalue weighted by Crippen LogP contribution is -2.03. The highest BCUT2D eigenvalue weighted by Gasteiger charge is 2.20. The van der Waals surface area contributed by atoms with Gasteiger partial charge in [-0.05, 0) is 11.6 Å². The first-order chi connectivity index (χ1) is 14.4. The van der Waals surface area contributed by atoms with Crippen molar-refractivity contribution in [1.29, 1.82) is 0 Å². The van der Waals surface area contributed by atoms with Crippen LogP contribution in [0, 0.1) is 40.5 Å². The SMILES string of the molecule is COC(=O)c1cc([N+](=O)[O-])cc([N+](=O)[O-])c1.O=C(Cl)c1cc([N+](=O)[O-])cc([N+](=O)[O-])c1. The molecule has 31 heavy (non-hydrogen) atoms. The summed E-state index contributed by atoms with van der Waals surface area (Å²) in [5, 5.41) is 40.7. The van der Waals surface area contributed by atoms with Crippen LogP contribution in [0.1, 0.15) is 20.7 Å². The van der Waals surface area contributed by atoms with E-state index in [0.717, 1.165) is 43.5 Å². The van der Waals surface area contributed by atoms with E-state index in [2.05, 4.69) is 4.74 Å². The van der Waals surface area contributed by atoms with Gasteiger partial charge in [0.1, 0.15) is 0 Å². The second kappa shape index (κ2) is 10.3. The molecule has 0 aliphatic carbocycles. The van der Waals surface area contributed by atoms with Gasteiger partial charge in [-0.2, -0.15) is 0 Å². The molecule has 0 aromatic heterocycles. The number of carbonyl (C=O) groups is 2. The van der Waals surface area contributed by atoms with Gasteiger partial charge in [0.15, 0.2) is 0 Å². The quantitative estimate of drug-likeness (QED) is 0.266. The van der Waals surface area contributed by atoms with Crippen molar-refractivity contribution in [3.8, 4) is 0 Å². The Morgan fingerprint density at radius 1 is 0.677 bits per heavy atom. The van der Waals surface area contributed by atoms with E-state index in [0.29, 0.717) is 0 Å². The third kappa shape index (κ3) is 6.79. The summed E-state index contributed by atoms with van der Waals surface area (Å²) >= 11 is 5.07. The maximum atomic E-state index is 11.1. The van der Waals surface area contributed by atoms with E-state index < -0.39 is 53.7 Å². The monoisotopic (exact) mass is 456 g/mol. The fraction of sp³-hybridized carbons (Fsp3) is 0.0667. The van der Waals surface area contributed by atoms with Crippen molar-refractivity contribution < 1.29 is 34.0 Å². The van der Waals surface area contributed by atoms with E-state index in [1.54, 1.807) is 0 Å². The average Bonchev–Trinajstić information content (AvgIpc) is 2.72. The number of non-ortho nitro benzene ring substituents is 4. The minimum Gasteiger partial charge on any atom is -0.465 e. The van der Waals surface area contributed by atoms with Gasteiger partial charge in [-0.25, -0.2) is 4.79 Å². The third-order valence-electron chi connectivity index (χ3n) is 3.30. The van der Waals surface area contributed by atoms with Gasteiger partial charge in [-0.15, -0.1) is 0 Å². The molecular formula is C15H9ClN4O11. The first kappa shape index (κ1) is 24.5. The third-order valence-corrected chi connectivity index (χ3v) is 3.51. The first-order valence-corrected chi connectivity index (χ1v) is 7.91. The zero-order valence-electron chi connectivity index (χ0n) is 15.1. The van der Waals surface area contributed by atoms with E-state index >= 15 is 0 Å². The molecule has 0 N–H and O–H groups in total. The van der Waals surface area contributed by atoms with Gasteiger partial charge in [-0.3, -0.25) is 45.3 Å². The van der Waals surface area contributed by atoms with Crippen LogP contribution in [0.15, 0.2) is 36.4 Å². The number of ether oxygens (including phenoxy) is 1. The lowest BCUT2D eigenvalue weighted by Gasteiger charge is -1.99. The van der Waals surface area contributed by atoms with Crippen LogP contribution in [-0.4, -0.2) is 38.0 Å². The summed E-state index contributed by atoms with van der Waals surface area (Å²) in [6, 6.07) is 5.11. The molecule has 0 spiro atoms. The summed E-state index contributed by atoms with van der Waals surface area (Å²) in [4.78, 5) is 60.2. The molecule has 15 nitrogen and oxygen atoms in total. The molecule has 2 aromatic rings. The Hall–Kier alpha value is -4.53. The average molecular weight is 457 g/mol. The van der Waals surface area contributed by atoms with E-state index in [1.807, 2.05) is 0 Å². The van der Waals surface area contributed by atoms with Crippen LogP contribution in [0.25, 0.3) is 0 Å². The summed E-state index contributed by atoms with van der Waals surface area (Å²) in [6.07, 6.45) is 0.